The van der Waals surface area contributed by atoms with Gasteiger partial charge in [-0.3, -0.25) is 0 Å². The standard InChI is InChI=1S/C24H22N4O2S/c1-2-29-22-15-9-7-13-20(22)23-26-27-24(31)28(23)25-16-19-12-6-8-14-21(19)30-17-18-10-4-3-5-11-18/h3-16H,2,17H2,1H3,(H,27,31)/b25-16-. The van der Waals surface area contributed by atoms with Crippen LogP contribution in [0.15, 0.2) is 84.0 Å². The quantitative estimate of drug-likeness (QED) is 0.297. The van der Waals surface area contributed by atoms with Crippen molar-refractivity contribution in [1.29, 1.82) is 0 Å². The van der Waals surface area contributed by atoms with Crippen molar-refractivity contribution < 1.29 is 9.47 Å². The largest absolute Gasteiger partial charge is 0.493 e. The van der Waals surface area contributed by atoms with Crippen LogP contribution in [0.4, 0.5) is 0 Å². The first-order valence-corrected chi connectivity index (χ1v) is 10.4. The third kappa shape index (κ3) is 4.90. The van der Waals surface area contributed by atoms with E-state index in [1.807, 2.05) is 85.8 Å². The Kier molecular flexibility index (Phi) is 6.54. The fraction of sp³-hybridized carbons (Fsp3) is 0.125. The van der Waals surface area contributed by atoms with Gasteiger partial charge in [0, 0.05) is 5.56 Å². The summed E-state index contributed by atoms with van der Waals surface area (Å²) < 4.78 is 13.7. The van der Waals surface area contributed by atoms with E-state index in [1.165, 1.54) is 0 Å². The molecule has 156 valence electrons. The molecule has 0 spiro atoms. The minimum atomic E-state index is 0.389. The molecular formula is C24H22N4O2S. The number of ether oxygens (including phenoxy) is 2. The maximum atomic E-state index is 6.02. The van der Waals surface area contributed by atoms with Gasteiger partial charge < -0.3 is 9.47 Å². The van der Waals surface area contributed by atoms with Gasteiger partial charge in [-0.15, -0.1) is 0 Å². The number of hydrogen-bond acceptors (Lipinski definition) is 5. The van der Waals surface area contributed by atoms with Crippen LogP contribution in [0.1, 0.15) is 18.1 Å². The lowest BCUT2D eigenvalue weighted by molar-refractivity contribution is 0.306. The predicted octanol–water partition coefficient (Wildman–Crippen LogP) is 5.47. The van der Waals surface area contributed by atoms with Gasteiger partial charge >= 0.3 is 0 Å². The molecule has 0 amide bonds. The molecule has 0 unspecified atom stereocenters. The zero-order valence-electron chi connectivity index (χ0n) is 17.1. The van der Waals surface area contributed by atoms with Gasteiger partial charge in [-0.2, -0.15) is 14.9 Å². The summed E-state index contributed by atoms with van der Waals surface area (Å²) in [6.07, 6.45) is 1.72. The van der Waals surface area contributed by atoms with Gasteiger partial charge in [0.1, 0.15) is 18.1 Å². The van der Waals surface area contributed by atoms with Crippen molar-refractivity contribution in [2.45, 2.75) is 13.5 Å². The summed E-state index contributed by atoms with van der Waals surface area (Å²) in [5.74, 6) is 2.04. The van der Waals surface area contributed by atoms with Gasteiger partial charge in [-0.1, -0.05) is 54.6 Å². The van der Waals surface area contributed by atoms with E-state index < -0.39 is 0 Å². The first-order valence-electron chi connectivity index (χ1n) is 9.96. The van der Waals surface area contributed by atoms with Crippen molar-refractivity contribution >= 4 is 18.4 Å². The number of aromatic nitrogens is 3. The molecule has 4 rings (SSSR count). The highest BCUT2D eigenvalue weighted by Crippen LogP contribution is 2.28. The number of rotatable bonds is 8. The molecule has 0 bridgehead atoms. The number of aromatic amines is 1. The second-order valence-electron chi connectivity index (χ2n) is 6.65. The van der Waals surface area contributed by atoms with Crippen molar-refractivity contribution in [1.82, 2.24) is 14.9 Å². The zero-order valence-corrected chi connectivity index (χ0v) is 17.9. The van der Waals surface area contributed by atoms with Crippen molar-refractivity contribution in [2.75, 3.05) is 6.61 Å². The Labute approximate surface area is 185 Å². The summed E-state index contributed by atoms with van der Waals surface area (Å²) >= 11 is 5.40. The Balaban J connectivity index is 1.62. The second kappa shape index (κ2) is 9.86. The highest BCUT2D eigenvalue weighted by Gasteiger charge is 2.13. The van der Waals surface area contributed by atoms with E-state index in [0.717, 1.165) is 28.2 Å². The van der Waals surface area contributed by atoms with Crippen LogP contribution < -0.4 is 9.47 Å². The van der Waals surface area contributed by atoms with Crippen LogP contribution in [-0.2, 0) is 6.61 Å². The molecule has 1 aromatic heterocycles. The molecule has 1 N–H and O–H groups in total. The normalized spacial score (nSPS) is 11.0. The maximum absolute atomic E-state index is 6.02. The van der Waals surface area contributed by atoms with E-state index >= 15 is 0 Å². The molecule has 3 aromatic carbocycles. The Hall–Kier alpha value is -3.71. The predicted molar refractivity (Wildman–Crippen MR) is 124 cm³/mol. The van der Waals surface area contributed by atoms with Crippen molar-refractivity contribution in [3.63, 3.8) is 0 Å². The summed E-state index contributed by atoms with van der Waals surface area (Å²) in [4.78, 5) is 0. The number of para-hydroxylation sites is 2. The van der Waals surface area contributed by atoms with Crippen molar-refractivity contribution in [3.05, 3.63) is 94.8 Å². The summed E-state index contributed by atoms with van der Waals surface area (Å²) in [7, 11) is 0. The first-order chi connectivity index (χ1) is 15.3. The van der Waals surface area contributed by atoms with Crippen LogP contribution in [0, 0.1) is 4.77 Å². The summed E-state index contributed by atoms with van der Waals surface area (Å²) in [5, 5.41) is 11.8. The van der Waals surface area contributed by atoms with Gasteiger partial charge in [-0.05, 0) is 49.0 Å². The molecule has 0 saturated carbocycles. The molecule has 4 aromatic rings. The molecule has 0 aliphatic rings. The lowest BCUT2D eigenvalue weighted by Crippen LogP contribution is -2.00. The fourth-order valence-corrected chi connectivity index (χ4v) is 3.26. The zero-order chi connectivity index (χ0) is 21.5. The molecule has 0 atom stereocenters. The van der Waals surface area contributed by atoms with Gasteiger partial charge in [0.2, 0.25) is 4.77 Å². The molecule has 7 heteroatoms. The molecule has 0 aliphatic carbocycles. The topological polar surface area (TPSA) is 64.4 Å². The van der Waals surface area contributed by atoms with Crippen LogP contribution in [0.2, 0.25) is 0 Å². The Morgan fingerprint density at radius 2 is 1.65 bits per heavy atom. The van der Waals surface area contributed by atoms with Crippen molar-refractivity contribution in [2.24, 2.45) is 5.10 Å². The number of hydrogen-bond donors (Lipinski definition) is 1. The minimum absolute atomic E-state index is 0.389. The molecule has 0 aliphatic heterocycles. The van der Waals surface area contributed by atoms with E-state index in [9.17, 15) is 0 Å². The SMILES string of the molecule is CCOc1ccccc1-c1n[nH]c(=S)n1/N=C\c1ccccc1OCc1ccccc1. The van der Waals surface area contributed by atoms with Gasteiger partial charge in [0.25, 0.3) is 0 Å². The smallest absolute Gasteiger partial charge is 0.216 e. The summed E-state index contributed by atoms with van der Waals surface area (Å²) in [5.41, 5.74) is 2.74. The molecule has 0 radical (unpaired) electrons. The second-order valence-corrected chi connectivity index (χ2v) is 7.04. The molecule has 0 fully saturated rings. The highest BCUT2D eigenvalue weighted by atomic mass is 32.1. The van der Waals surface area contributed by atoms with Crippen LogP contribution in [0.5, 0.6) is 11.5 Å². The van der Waals surface area contributed by atoms with Gasteiger partial charge in [0.15, 0.2) is 5.82 Å². The van der Waals surface area contributed by atoms with E-state index in [0.29, 0.717) is 23.8 Å². The Morgan fingerprint density at radius 1 is 0.935 bits per heavy atom. The first kappa shape index (κ1) is 20.6. The summed E-state index contributed by atoms with van der Waals surface area (Å²) in [6, 6.07) is 25.5. The van der Waals surface area contributed by atoms with E-state index in [4.69, 9.17) is 21.7 Å². The molecule has 1 heterocycles. The van der Waals surface area contributed by atoms with Crippen LogP contribution in [0.25, 0.3) is 11.4 Å². The lowest BCUT2D eigenvalue weighted by Gasteiger charge is -2.10. The number of H-pyrrole nitrogens is 1. The Morgan fingerprint density at radius 3 is 2.45 bits per heavy atom. The maximum Gasteiger partial charge on any atom is 0.216 e. The van der Waals surface area contributed by atoms with Crippen LogP contribution >= 0.6 is 12.2 Å². The monoisotopic (exact) mass is 430 g/mol. The van der Waals surface area contributed by atoms with E-state index in [1.54, 1.807) is 10.9 Å². The number of nitrogens with one attached hydrogen (secondary N) is 1. The van der Waals surface area contributed by atoms with Gasteiger partial charge in [0.05, 0.1) is 18.4 Å². The van der Waals surface area contributed by atoms with Crippen LogP contribution in [0.3, 0.4) is 0 Å². The minimum Gasteiger partial charge on any atom is -0.493 e. The number of nitrogens with zero attached hydrogens (tertiary/aromatic N) is 3. The van der Waals surface area contributed by atoms with Crippen LogP contribution in [-0.4, -0.2) is 27.7 Å². The average molecular weight is 431 g/mol. The van der Waals surface area contributed by atoms with E-state index in [-0.39, 0.29) is 0 Å². The van der Waals surface area contributed by atoms with E-state index in [2.05, 4.69) is 15.3 Å². The lowest BCUT2D eigenvalue weighted by atomic mass is 10.2. The third-order valence-electron chi connectivity index (χ3n) is 4.55. The van der Waals surface area contributed by atoms with Crippen molar-refractivity contribution in [3.8, 4) is 22.9 Å². The average Bonchev–Trinajstić information content (AvgIpc) is 3.18. The third-order valence-corrected chi connectivity index (χ3v) is 4.81. The summed E-state index contributed by atoms with van der Waals surface area (Å²) in [6.45, 7) is 2.97. The molecule has 6 nitrogen and oxygen atoms in total. The highest BCUT2D eigenvalue weighted by molar-refractivity contribution is 7.71. The molecular weight excluding hydrogens is 408 g/mol. The fourth-order valence-electron chi connectivity index (χ4n) is 3.08. The molecule has 0 saturated heterocycles. The van der Waals surface area contributed by atoms with Gasteiger partial charge in [-0.25, -0.2) is 5.10 Å². The molecule has 31 heavy (non-hydrogen) atoms. The number of benzene rings is 3. The Bertz CT molecular complexity index is 1230.